The number of rotatable bonds is 5. The molecule has 0 unspecified atom stereocenters. The molecule has 2 saturated heterocycles. The van der Waals surface area contributed by atoms with Gasteiger partial charge in [-0.25, -0.2) is 9.97 Å². The molecule has 0 spiro atoms. The van der Waals surface area contributed by atoms with Crippen LogP contribution >= 0.6 is 0 Å². The monoisotopic (exact) mass is 391 g/mol. The Hall–Kier alpha value is -2.23. The highest BCUT2D eigenvalue weighted by molar-refractivity contribution is 5.50. The highest BCUT2D eigenvalue weighted by atomic mass is 16.5. The topological polar surface area (TPSA) is 106 Å². The van der Waals surface area contributed by atoms with E-state index in [1.165, 1.54) is 0 Å². The number of carbonyl (C=O) groups is 1. The fourth-order valence-electron chi connectivity index (χ4n) is 4.13. The first kappa shape index (κ1) is 20.5. The van der Waals surface area contributed by atoms with Gasteiger partial charge in [-0.1, -0.05) is 0 Å². The van der Waals surface area contributed by atoms with E-state index in [9.17, 15) is 0 Å². The molecule has 3 atom stereocenters. The van der Waals surface area contributed by atoms with Crippen LogP contribution in [0.3, 0.4) is 0 Å². The lowest BCUT2D eigenvalue weighted by molar-refractivity contribution is -0.122. The molecule has 9 heteroatoms. The Balaban J connectivity index is 0.000000706. The van der Waals surface area contributed by atoms with Gasteiger partial charge >= 0.3 is 0 Å². The van der Waals surface area contributed by atoms with Crippen molar-refractivity contribution in [1.82, 2.24) is 24.0 Å². The van der Waals surface area contributed by atoms with E-state index in [1.54, 1.807) is 0 Å². The number of ether oxygens (including phenoxy) is 1. The van der Waals surface area contributed by atoms with Crippen molar-refractivity contribution in [2.75, 3.05) is 26.3 Å². The molecule has 2 aliphatic rings. The lowest BCUT2D eigenvalue weighted by atomic mass is 10.1. The number of hydrogen-bond donors (Lipinski definition) is 2. The van der Waals surface area contributed by atoms with E-state index in [2.05, 4.69) is 44.0 Å². The van der Waals surface area contributed by atoms with Crippen molar-refractivity contribution in [2.45, 2.75) is 50.9 Å². The number of imidazole rings is 2. The standard InChI is InChI=1S/C18H27N5O2.CH2O2/c1-13(2)23-12-19-8-17(23)18-20-4-5-22(18)14-7-15-11-25-16(3-6-24)10-21(15)9-14;2-1-3/h4-5,8,12-16,24H,3,6-7,9-11H2,1-2H3;1H,(H,2,3)/t14-,15-,16-;/m0./s1. The third kappa shape index (κ3) is 4.26. The summed E-state index contributed by atoms with van der Waals surface area (Å²) in [5.74, 6) is 0.990. The molecule has 0 aliphatic carbocycles. The fourth-order valence-corrected chi connectivity index (χ4v) is 4.13. The SMILES string of the molecule is CC(C)n1cncc1-c1nccn1[C@H]1C[C@H]2CO[C@@H](CCO)CN2C1.O=CO. The summed E-state index contributed by atoms with van der Waals surface area (Å²) in [6, 6.07) is 1.21. The maximum atomic E-state index is 9.15. The van der Waals surface area contributed by atoms with Crippen LogP contribution in [0.5, 0.6) is 0 Å². The second-order valence-electron chi connectivity index (χ2n) is 7.51. The van der Waals surface area contributed by atoms with E-state index >= 15 is 0 Å². The van der Waals surface area contributed by atoms with Gasteiger partial charge in [-0.3, -0.25) is 9.69 Å². The smallest absolute Gasteiger partial charge is 0.290 e. The summed E-state index contributed by atoms with van der Waals surface area (Å²) in [7, 11) is 0. The molecule has 4 heterocycles. The van der Waals surface area contributed by atoms with E-state index in [-0.39, 0.29) is 19.2 Å². The molecular formula is C19H29N5O4. The Bertz CT molecular complexity index is 759. The van der Waals surface area contributed by atoms with Gasteiger partial charge in [0, 0.05) is 50.2 Å². The molecule has 0 aromatic carbocycles. The maximum absolute atomic E-state index is 9.15. The van der Waals surface area contributed by atoms with E-state index in [0.717, 1.165) is 44.1 Å². The number of hydrogen-bond acceptors (Lipinski definition) is 6. The summed E-state index contributed by atoms with van der Waals surface area (Å²) in [5, 5.41) is 16.0. The Labute approximate surface area is 164 Å². The number of carboxylic acid groups (broad SMARTS) is 1. The molecular weight excluding hydrogens is 362 g/mol. The van der Waals surface area contributed by atoms with Crippen LogP contribution in [0.4, 0.5) is 0 Å². The first-order valence-electron chi connectivity index (χ1n) is 9.68. The van der Waals surface area contributed by atoms with Crippen LogP contribution in [-0.2, 0) is 9.53 Å². The summed E-state index contributed by atoms with van der Waals surface area (Å²) in [5.41, 5.74) is 1.07. The normalized spacial score (nSPS) is 24.6. The Morgan fingerprint density at radius 3 is 2.86 bits per heavy atom. The van der Waals surface area contributed by atoms with Gasteiger partial charge in [-0.05, 0) is 26.7 Å². The largest absolute Gasteiger partial charge is 0.483 e. The summed E-state index contributed by atoms with van der Waals surface area (Å²) in [6.45, 7) is 6.94. The van der Waals surface area contributed by atoms with Crippen molar-refractivity contribution in [3.8, 4) is 11.5 Å². The van der Waals surface area contributed by atoms with Crippen LogP contribution in [0, 0.1) is 0 Å². The predicted molar refractivity (Wildman–Crippen MR) is 103 cm³/mol. The number of fused-ring (bicyclic) bond motifs is 1. The third-order valence-electron chi connectivity index (χ3n) is 5.43. The summed E-state index contributed by atoms with van der Waals surface area (Å²) in [4.78, 5) is 19.8. The highest BCUT2D eigenvalue weighted by Crippen LogP contribution is 2.34. The van der Waals surface area contributed by atoms with Crippen LogP contribution < -0.4 is 0 Å². The predicted octanol–water partition coefficient (Wildman–Crippen LogP) is 1.42. The van der Waals surface area contributed by atoms with Crippen molar-refractivity contribution in [3.63, 3.8) is 0 Å². The average Bonchev–Trinajstić information content (AvgIpc) is 3.39. The maximum Gasteiger partial charge on any atom is 0.290 e. The van der Waals surface area contributed by atoms with E-state index in [1.807, 2.05) is 18.7 Å². The fraction of sp³-hybridized carbons (Fsp3) is 0.632. The van der Waals surface area contributed by atoms with E-state index in [0.29, 0.717) is 18.1 Å². The molecule has 2 fully saturated rings. The lowest BCUT2D eigenvalue weighted by Gasteiger charge is -2.34. The van der Waals surface area contributed by atoms with Crippen molar-refractivity contribution < 1.29 is 19.7 Å². The van der Waals surface area contributed by atoms with Gasteiger partial charge in [-0.15, -0.1) is 0 Å². The van der Waals surface area contributed by atoms with Gasteiger partial charge in [0.25, 0.3) is 6.47 Å². The highest BCUT2D eigenvalue weighted by Gasteiger charge is 2.38. The minimum atomic E-state index is -0.250. The third-order valence-corrected chi connectivity index (χ3v) is 5.43. The quantitative estimate of drug-likeness (QED) is 0.743. The minimum absolute atomic E-state index is 0.157. The first-order valence-corrected chi connectivity index (χ1v) is 9.68. The summed E-state index contributed by atoms with van der Waals surface area (Å²) < 4.78 is 10.4. The molecule has 9 nitrogen and oxygen atoms in total. The van der Waals surface area contributed by atoms with Crippen LogP contribution in [0.15, 0.2) is 24.9 Å². The molecule has 4 rings (SSSR count). The van der Waals surface area contributed by atoms with Crippen molar-refractivity contribution in [1.29, 1.82) is 0 Å². The lowest BCUT2D eigenvalue weighted by Crippen LogP contribution is -2.46. The molecule has 28 heavy (non-hydrogen) atoms. The van der Waals surface area contributed by atoms with Crippen LogP contribution in [-0.4, -0.2) is 79.1 Å². The van der Waals surface area contributed by atoms with Gasteiger partial charge in [0.2, 0.25) is 0 Å². The van der Waals surface area contributed by atoms with Gasteiger partial charge in [0.15, 0.2) is 5.82 Å². The average molecular weight is 391 g/mol. The van der Waals surface area contributed by atoms with E-state index < -0.39 is 0 Å². The number of aromatic nitrogens is 4. The van der Waals surface area contributed by atoms with Gasteiger partial charge in [-0.2, -0.15) is 0 Å². The molecule has 0 radical (unpaired) electrons. The zero-order chi connectivity index (χ0) is 20.1. The molecule has 0 amide bonds. The molecule has 0 bridgehead atoms. The van der Waals surface area contributed by atoms with Gasteiger partial charge in [0.05, 0.1) is 25.2 Å². The van der Waals surface area contributed by atoms with Gasteiger partial charge < -0.3 is 24.1 Å². The number of morpholine rings is 1. The molecule has 154 valence electrons. The van der Waals surface area contributed by atoms with Crippen LogP contribution in [0.2, 0.25) is 0 Å². The molecule has 2 aromatic rings. The number of aliphatic hydroxyl groups is 1. The molecule has 2 aromatic heterocycles. The zero-order valence-electron chi connectivity index (χ0n) is 16.4. The second kappa shape index (κ2) is 9.31. The molecule has 2 N–H and O–H groups in total. The van der Waals surface area contributed by atoms with Crippen molar-refractivity contribution >= 4 is 6.47 Å². The van der Waals surface area contributed by atoms with E-state index in [4.69, 9.17) is 19.7 Å². The second-order valence-corrected chi connectivity index (χ2v) is 7.51. The summed E-state index contributed by atoms with van der Waals surface area (Å²) >= 11 is 0. The Kier molecular flexibility index (Phi) is 6.82. The number of nitrogens with zero attached hydrogens (tertiary/aromatic N) is 5. The zero-order valence-corrected chi connectivity index (χ0v) is 16.4. The Morgan fingerprint density at radius 1 is 1.36 bits per heavy atom. The molecule has 0 saturated carbocycles. The Morgan fingerprint density at radius 2 is 2.14 bits per heavy atom. The van der Waals surface area contributed by atoms with Crippen LogP contribution in [0.25, 0.3) is 11.5 Å². The molecule has 2 aliphatic heterocycles. The first-order chi connectivity index (χ1) is 13.6. The van der Waals surface area contributed by atoms with Crippen LogP contribution in [0.1, 0.15) is 38.8 Å². The minimum Gasteiger partial charge on any atom is -0.483 e. The van der Waals surface area contributed by atoms with Crippen molar-refractivity contribution in [2.24, 2.45) is 0 Å². The summed E-state index contributed by atoms with van der Waals surface area (Å²) in [6.07, 6.45) is 9.70. The van der Waals surface area contributed by atoms with Crippen molar-refractivity contribution in [3.05, 3.63) is 24.9 Å². The number of aliphatic hydroxyl groups excluding tert-OH is 1. The van der Waals surface area contributed by atoms with Gasteiger partial charge in [0.1, 0.15) is 5.69 Å².